The Morgan fingerprint density at radius 1 is 1.08 bits per heavy atom. The zero-order valence-corrected chi connectivity index (χ0v) is 22.2. The van der Waals surface area contributed by atoms with Crippen LogP contribution in [0.4, 0.5) is 0 Å². The smallest absolute Gasteiger partial charge is 0.339 e. The largest absolute Gasteiger partial charge is 0.508 e. The first-order valence-corrected chi connectivity index (χ1v) is 12.7. The van der Waals surface area contributed by atoms with Gasteiger partial charge in [0.1, 0.15) is 28.4 Å². The Morgan fingerprint density at radius 3 is 2.50 bits per heavy atom. The van der Waals surface area contributed by atoms with Crippen LogP contribution in [0.1, 0.15) is 69.3 Å². The average Bonchev–Trinajstić information content (AvgIpc) is 3.16. The normalized spacial score (nSPS) is 19.2. The molecule has 0 amide bonds. The van der Waals surface area contributed by atoms with E-state index >= 15 is 0 Å². The third-order valence-corrected chi connectivity index (χ3v) is 7.28. The van der Waals surface area contributed by atoms with E-state index in [2.05, 4.69) is 32.9 Å². The van der Waals surface area contributed by atoms with Crippen molar-refractivity contribution in [2.24, 2.45) is 0 Å². The van der Waals surface area contributed by atoms with Gasteiger partial charge in [0.15, 0.2) is 0 Å². The molecule has 3 aromatic rings. The van der Waals surface area contributed by atoms with Gasteiger partial charge in [-0.3, -0.25) is 4.57 Å². The van der Waals surface area contributed by atoms with E-state index in [0.717, 1.165) is 12.8 Å². The first-order chi connectivity index (χ1) is 17.9. The fraction of sp³-hybridized carbons (Fsp3) is 0.367. The molecule has 0 radical (unpaired) electrons. The predicted molar refractivity (Wildman–Crippen MR) is 146 cm³/mol. The van der Waals surface area contributed by atoms with Crippen molar-refractivity contribution in [2.75, 3.05) is 0 Å². The summed E-state index contributed by atoms with van der Waals surface area (Å²) in [5.74, 6) is -1.63. The minimum absolute atomic E-state index is 0.103. The Kier molecular flexibility index (Phi) is 7.47. The maximum absolute atomic E-state index is 11.5. The van der Waals surface area contributed by atoms with Crippen molar-refractivity contribution in [2.45, 2.75) is 71.5 Å². The summed E-state index contributed by atoms with van der Waals surface area (Å²) in [5, 5.41) is 52.8. The van der Waals surface area contributed by atoms with Crippen molar-refractivity contribution >= 4 is 16.7 Å². The Hall–Kier alpha value is -3.91. The number of carboxylic acid groups (broad SMARTS) is 1. The maximum atomic E-state index is 11.5. The monoisotopic (exact) mass is 521 g/mol. The fourth-order valence-corrected chi connectivity index (χ4v) is 4.92. The average molecular weight is 522 g/mol. The van der Waals surface area contributed by atoms with Gasteiger partial charge in [-0.25, -0.2) is 4.79 Å². The number of fused-ring (bicyclic) bond motifs is 3. The van der Waals surface area contributed by atoms with E-state index in [4.69, 9.17) is 4.74 Å². The molecule has 1 aliphatic rings. The molecule has 0 aliphatic carbocycles. The summed E-state index contributed by atoms with van der Waals surface area (Å²) < 4.78 is 7.77. The number of rotatable bonds is 8. The van der Waals surface area contributed by atoms with Crippen LogP contribution in [0.2, 0.25) is 0 Å². The third-order valence-electron chi connectivity index (χ3n) is 7.28. The van der Waals surface area contributed by atoms with Crippen LogP contribution < -0.4 is 4.74 Å². The second-order valence-electron chi connectivity index (χ2n) is 10.5. The van der Waals surface area contributed by atoms with Crippen LogP contribution in [0.15, 0.2) is 53.8 Å². The Labute approximate surface area is 221 Å². The molecule has 8 nitrogen and oxygen atoms in total. The maximum Gasteiger partial charge on any atom is 0.339 e. The first kappa shape index (κ1) is 27.1. The molecule has 1 aromatic heterocycles. The van der Waals surface area contributed by atoms with Gasteiger partial charge in [0, 0.05) is 29.3 Å². The van der Waals surface area contributed by atoms with E-state index in [9.17, 15) is 30.3 Å². The third kappa shape index (κ3) is 5.22. The summed E-state index contributed by atoms with van der Waals surface area (Å²) in [6, 6.07) is 5.39. The number of aromatic hydroxyl groups is 3. The Bertz CT molecular complexity index is 1440. The highest BCUT2D eigenvalue weighted by atomic mass is 16.5. The van der Waals surface area contributed by atoms with Crippen molar-refractivity contribution in [1.82, 2.24) is 4.57 Å². The highest BCUT2D eigenvalue weighted by Gasteiger charge is 2.41. The van der Waals surface area contributed by atoms with E-state index in [1.807, 2.05) is 6.92 Å². The van der Waals surface area contributed by atoms with Crippen LogP contribution in [0, 0.1) is 0 Å². The van der Waals surface area contributed by atoms with Crippen LogP contribution in [0.5, 0.6) is 23.1 Å². The summed E-state index contributed by atoms with van der Waals surface area (Å²) in [7, 11) is 0. The number of hydrogen-bond acceptors (Lipinski definition) is 6. The number of aromatic nitrogens is 1. The van der Waals surface area contributed by atoms with Crippen molar-refractivity contribution in [3.8, 4) is 28.8 Å². The Balaban J connectivity index is 1.67. The van der Waals surface area contributed by atoms with Crippen molar-refractivity contribution < 1.29 is 35.1 Å². The van der Waals surface area contributed by atoms with Gasteiger partial charge in [-0.1, -0.05) is 23.3 Å². The number of aliphatic hydroxyl groups excluding tert-OH is 1. The lowest BCUT2D eigenvalue weighted by atomic mass is 9.84. The van der Waals surface area contributed by atoms with Gasteiger partial charge in [-0.15, -0.1) is 0 Å². The molecule has 38 heavy (non-hydrogen) atoms. The molecular weight excluding hydrogens is 486 g/mol. The summed E-state index contributed by atoms with van der Waals surface area (Å²) in [6.45, 7) is 8.11. The number of carboxylic acids is 1. The van der Waals surface area contributed by atoms with Gasteiger partial charge in [-0.2, -0.15) is 0 Å². The van der Waals surface area contributed by atoms with E-state index < -0.39 is 17.7 Å². The van der Waals surface area contributed by atoms with Gasteiger partial charge < -0.3 is 30.3 Å². The minimum atomic E-state index is -1.30. The molecule has 0 spiro atoms. The van der Waals surface area contributed by atoms with Crippen LogP contribution in [-0.2, 0) is 6.42 Å². The van der Waals surface area contributed by atoms with Gasteiger partial charge in [0.2, 0.25) is 5.88 Å². The Morgan fingerprint density at radius 2 is 1.82 bits per heavy atom. The lowest BCUT2D eigenvalue weighted by molar-refractivity contribution is -0.0581. The number of aliphatic hydroxyl groups is 1. The van der Waals surface area contributed by atoms with E-state index in [-0.39, 0.29) is 29.4 Å². The van der Waals surface area contributed by atoms with Gasteiger partial charge in [0.05, 0.1) is 11.5 Å². The highest BCUT2D eigenvalue weighted by Crippen LogP contribution is 2.48. The molecule has 1 aliphatic heterocycles. The quantitative estimate of drug-likeness (QED) is 0.231. The molecule has 0 fully saturated rings. The molecule has 202 valence electrons. The molecule has 0 saturated heterocycles. The lowest BCUT2D eigenvalue weighted by Crippen LogP contribution is -2.48. The van der Waals surface area contributed by atoms with E-state index in [1.54, 1.807) is 6.20 Å². The minimum Gasteiger partial charge on any atom is -0.508 e. The SMILES string of the molecule is CC(C)=CCCC(C)=CCC[C@]1(C)Oc2c(c(O)cc3c(O)n(-c4ccc(O)c(C(=O)O)c4)cc23)C[C@@H]1O. The standard InChI is InChI=1S/C30H35NO7/c1-17(2)7-5-8-18(3)9-6-12-30(4)26(34)15-21-25(33)14-20-23(27(21)38-30)16-31(28(20)35)19-10-11-24(32)22(13-19)29(36)37/h7,9-11,13-14,16,26,32-35H,5-6,8,12,15H2,1-4H3,(H,36,37)/t26-,30-/m0/s1. The number of ether oxygens (including phenoxy) is 1. The van der Waals surface area contributed by atoms with Crippen LogP contribution >= 0.6 is 0 Å². The highest BCUT2D eigenvalue weighted by molar-refractivity contribution is 5.97. The summed E-state index contributed by atoms with van der Waals surface area (Å²) in [5.41, 5.74) is 2.11. The van der Waals surface area contributed by atoms with Crippen molar-refractivity contribution in [3.05, 3.63) is 64.9 Å². The number of benzene rings is 2. The van der Waals surface area contributed by atoms with Crippen molar-refractivity contribution in [1.29, 1.82) is 0 Å². The van der Waals surface area contributed by atoms with Crippen LogP contribution in [0.25, 0.3) is 16.5 Å². The molecule has 8 heteroatoms. The van der Waals surface area contributed by atoms with Gasteiger partial charge >= 0.3 is 5.97 Å². The molecule has 2 heterocycles. The van der Waals surface area contributed by atoms with Crippen molar-refractivity contribution in [3.63, 3.8) is 0 Å². The number of allylic oxidation sites excluding steroid dienone is 4. The second kappa shape index (κ2) is 10.5. The van der Waals surface area contributed by atoms with Crippen LogP contribution in [-0.4, -0.2) is 47.8 Å². The summed E-state index contributed by atoms with van der Waals surface area (Å²) in [6.07, 6.45) is 8.55. The zero-order valence-electron chi connectivity index (χ0n) is 22.2. The second-order valence-corrected chi connectivity index (χ2v) is 10.5. The zero-order chi connectivity index (χ0) is 27.8. The number of carbonyl (C=O) groups is 1. The molecule has 2 atom stereocenters. The molecule has 2 aromatic carbocycles. The number of hydrogen-bond donors (Lipinski definition) is 5. The molecule has 0 unspecified atom stereocenters. The first-order valence-electron chi connectivity index (χ1n) is 12.7. The number of nitrogens with zero attached hydrogens (tertiary/aromatic N) is 1. The predicted octanol–water partition coefficient (Wildman–Crippen LogP) is 5.97. The van der Waals surface area contributed by atoms with Gasteiger partial charge in [0.25, 0.3) is 0 Å². The van der Waals surface area contributed by atoms with Crippen LogP contribution in [0.3, 0.4) is 0 Å². The molecular formula is C30H35NO7. The topological polar surface area (TPSA) is 132 Å². The number of aromatic carboxylic acids is 1. The molecule has 4 rings (SSSR count). The fourth-order valence-electron chi connectivity index (χ4n) is 4.92. The number of phenolic OH excluding ortho intramolecular Hbond substituents is 1. The van der Waals surface area contributed by atoms with E-state index in [1.165, 1.54) is 40.0 Å². The number of phenols is 2. The molecule has 0 saturated carbocycles. The van der Waals surface area contributed by atoms with E-state index in [0.29, 0.717) is 40.6 Å². The molecule has 0 bridgehead atoms. The van der Waals surface area contributed by atoms with Gasteiger partial charge in [-0.05, 0) is 77.6 Å². The lowest BCUT2D eigenvalue weighted by Gasteiger charge is -2.40. The summed E-state index contributed by atoms with van der Waals surface area (Å²) in [4.78, 5) is 11.5. The summed E-state index contributed by atoms with van der Waals surface area (Å²) >= 11 is 0. The molecule has 5 N–H and O–H groups in total.